The molecule has 1 aromatic rings. The number of amides is 3. The minimum atomic E-state index is -0.692. The van der Waals surface area contributed by atoms with Crippen LogP contribution in [0.2, 0.25) is 0 Å². The SMILES string of the molecule is CCCC1(C2CCNCC2)NC(=O)N(C2Cc3ccccc3C2)C1=O. The van der Waals surface area contributed by atoms with E-state index >= 15 is 0 Å². The van der Waals surface area contributed by atoms with Gasteiger partial charge in [-0.05, 0) is 62.2 Å². The van der Waals surface area contributed by atoms with Crippen LogP contribution in [0, 0.1) is 5.92 Å². The van der Waals surface area contributed by atoms with Crippen LogP contribution in [0.1, 0.15) is 43.7 Å². The van der Waals surface area contributed by atoms with Crippen molar-refractivity contribution in [2.75, 3.05) is 13.1 Å². The topological polar surface area (TPSA) is 61.4 Å². The van der Waals surface area contributed by atoms with Crippen LogP contribution in [0.3, 0.4) is 0 Å². The van der Waals surface area contributed by atoms with E-state index in [2.05, 4.69) is 29.7 Å². The molecule has 0 radical (unpaired) electrons. The summed E-state index contributed by atoms with van der Waals surface area (Å²) < 4.78 is 0. The summed E-state index contributed by atoms with van der Waals surface area (Å²) in [4.78, 5) is 27.9. The average molecular weight is 341 g/mol. The number of urea groups is 1. The van der Waals surface area contributed by atoms with Crippen molar-refractivity contribution in [1.29, 1.82) is 0 Å². The molecule has 25 heavy (non-hydrogen) atoms. The lowest BCUT2D eigenvalue weighted by molar-refractivity contribution is -0.135. The summed E-state index contributed by atoms with van der Waals surface area (Å²) in [5.41, 5.74) is 1.84. The molecule has 2 aliphatic heterocycles. The van der Waals surface area contributed by atoms with Crippen molar-refractivity contribution in [1.82, 2.24) is 15.5 Å². The quantitative estimate of drug-likeness (QED) is 0.826. The summed E-state index contributed by atoms with van der Waals surface area (Å²) in [6, 6.07) is 8.06. The number of nitrogens with one attached hydrogen (secondary N) is 2. The zero-order valence-corrected chi connectivity index (χ0v) is 14.9. The van der Waals surface area contributed by atoms with Crippen LogP contribution >= 0.6 is 0 Å². The monoisotopic (exact) mass is 341 g/mol. The molecule has 2 fully saturated rings. The first-order valence-electron chi connectivity index (χ1n) is 9.59. The molecule has 1 unspecified atom stereocenters. The van der Waals surface area contributed by atoms with Crippen LogP contribution in [0.5, 0.6) is 0 Å². The molecule has 4 rings (SSSR count). The molecular weight excluding hydrogens is 314 g/mol. The normalized spacial score (nSPS) is 27.6. The van der Waals surface area contributed by atoms with Gasteiger partial charge in [0.2, 0.25) is 0 Å². The molecule has 0 spiro atoms. The van der Waals surface area contributed by atoms with E-state index in [0.29, 0.717) is 0 Å². The minimum Gasteiger partial charge on any atom is -0.323 e. The summed E-state index contributed by atoms with van der Waals surface area (Å²) in [5.74, 6) is 0.253. The van der Waals surface area contributed by atoms with Crippen LogP contribution in [0.4, 0.5) is 4.79 Å². The number of piperidine rings is 1. The molecule has 0 saturated carbocycles. The number of hydrogen-bond acceptors (Lipinski definition) is 3. The van der Waals surface area contributed by atoms with Gasteiger partial charge in [-0.15, -0.1) is 0 Å². The summed E-state index contributed by atoms with van der Waals surface area (Å²) in [6.07, 6.45) is 5.09. The van der Waals surface area contributed by atoms with Gasteiger partial charge in [0.05, 0.1) is 0 Å². The summed E-state index contributed by atoms with van der Waals surface area (Å²) in [6.45, 7) is 3.94. The van der Waals surface area contributed by atoms with Crippen molar-refractivity contribution in [3.63, 3.8) is 0 Å². The lowest BCUT2D eigenvalue weighted by Crippen LogP contribution is -2.56. The molecule has 134 valence electrons. The summed E-state index contributed by atoms with van der Waals surface area (Å²) in [7, 11) is 0. The van der Waals surface area contributed by atoms with E-state index in [9.17, 15) is 9.59 Å². The third kappa shape index (κ3) is 2.65. The maximum absolute atomic E-state index is 13.5. The van der Waals surface area contributed by atoms with Gasteiger partial charge >= 0.3 is 6.03 Å². The van der Waals surface area contributed by atoms with Gasteiger partial charge in [-0.1, -0.05) is 37.6 Å². The number of fused-ring (bicyclic) bond motifs is 1. The highest BCUT2D eigenvalue weighted by Gasteiger charge is 2.56. The predicted molar refractivity (Wildman–Crippen MR) is 96.2 cm³/mol. The maximum Gasteiger partial charge on any atom is 0.325 e. The van der Waals surface area contributed by atoms with E-state index < -0.39 is 5.54 Å². The van der Waals surface area contributed by atoms with Crippen molar-refractivity contribution in [2.24, 2.45) is 5.92 Å². The van der Waals surface area contributed by atoms with Crippen molar-refractivity contribution in [2.45, 2.75) is 57.0 Å². The molecule has 1 aliphatic carbocycles. The molecule has 2 N–H and O–H groups in total. The third-order valence-electron chi connectivity index (χ3n) is 6.22. The molecule has 1 atom stereocenters. The van der Waals surface area contributed by atoms with Gasteiger partial charge in [0, 0.05) is 6.04 Å². The fourth-order valence-electron chi connectivity index (χ4n) is 5.02. The Balaban J connectivity index is 1.60. The lowest BCUT2D eigenvalue weighted by Gasteiger charge is -2.38. The Labute approximate surface area is 149 Å². The Morgan fingerprint density at radius 3 is 2.36 bits per heavy atom. The number of carbonyl (C=O) groups excluding carboxylic acids is 2. The summed E-state index contributed by atoms with van der Waals surface area (Å²) >= 11 is 0. The highest BCUT2D eigenvalue weighted by molar-refractivity contribution is 6.07. The lowest BCUT2D eigenvalue weighted by atomic mass is 9.75. The second-order valence-corrected chi connectivity index (χ2v) is 7.68. The minimum absolute atomic E-state index is 0.0176. The van der Waals surface area contributed by atoms with Gasteiger partial charge in [0.1, 0.15) is 5.54 Å². The third-order valence-corrected chi connectivity index (χ3v) is 6.22. The van der Waals surface area contributed by atoms with Crippen LogP contribution < -0.4 is 10.6 Å². The smallest absolute Gasteiger partial charge is 0.323 e. The zero-order valence-electron chi connectivity index (χ0n) is 14.9. The standard InChI is InChI=1S/C20H27N3O2/c1-2-9-20(16-7-10-21-11-8-16)18(24)23(19(25)22-20)17-12-14-5-3-4-6-15(14)13-17/h3-6,16-17,21H,2,7-13H2,1H3,(H,22,25). The molecule has 3 amide bonds. The van der Waals surface area contributed by atoms with Crippen LogP contribution in [-0.2, 0) is 17.6 Å². The van der Waals surface area contributed by atoms with E-state index in [1.54, 1.807) is 4.90 Å². The maximum atomic E-state index is 13.5. The Kier molecular flexibility index (Phi) is 4.28. The molecule has 0 bridgehead atoms. The second-order valence-electron chi connectivity index (χ2n) is 7.68. The highest BCUT2D eigenvalue weighted by atomic mass is 16.2. The van der Waals surface area contributed by atoms with Crippen LogP contribution in [0.15, 0.2) is 24.3 Å². The Bertz CT molecular complexity index is 658. The number of rotatable bonds is 4. The van der Waals surface area contributed by atoms with E-state index in [-0.39, 0.29) is 23.9 Å². The van der Waals surface area contributed by atoms with Crippen LogP contribution in [-0.4, -0.2) is 41.5 Å². The second kappa shape index (κ2) is 6.45. The molecule has 5 nitrogen and oxygen atoms in total. The number of carbonyl (C=O) groups is 2. The number of hydrogen-bond donors (Lipinski definition) is 2. The van der Waals surface area contributed by atoms with E-state index in [0.717, 1.165) is 51.6 Å². The first-order chi connectivity index (χ1) is 12.2. The molecule has 3 aliphatic rings. The Hall–Kier alpha value is -1.88. The largest absolute Gasteiger partial charge is 0.325 e. The van der Waals surface area contributed by atoms with Gasteiger partial charge in [-0.3, -0.25) is 9.69 Å². The highest BCUT2D eigenvalue weighted by Crippen LogP contribution is 2.38. The van der Waals surface area contributed by atoms with E-state index in [4.69, 9.17) is 0 Å². The summed E-state index contributed by atoms with van der Waals surface area (Å²) in [5, 5.41) is 6.52. The predicted octanol–water partition coefficient (Wildman–Crippen LogP) is 2.24. The fourth-order valence-corrected chi connectivity index (χ4v) is 5.02. The van der Waals surface area contributed by atoms with Crippen LogP contribution in [0.25, 0.3) is 0 Å². The molecular formula is C20H27N3O2. The molecule has 2 saturated heterocycles. The first kappa shape index (κ1) is 16.6. The first-order valence-corrected chi connectivity index (χ1v) is 9.59. The zero-order chi connectivity index (χ0) is 17.4. The van der Waals surface area contributed by atoms with Crippen molar-refractivity contribution in [3.05, 3.63) is 35.4 Å². The van der Waals surface area contributed by atoms with Gasteiger partial charge < -0.3 is 10.6 Å². The average Bonchev–Trinajstić information content (AvgIpc) is 3.15. The number of nitrogens with zero attached hydrogens (tertiary/aromatic N) is 1. The molecule has 1 aromatic carbocycles. The molecule has 2 heterocycles. The number of benzene rings is 1. The van der Waals surface area contributed by atoms with Crippen molar-refractivity contribution < 1.29 is 9.59 Å². The van der Waals surface area contributed by atoms with E-state index in [1.807, 2.05) is 12.1 Å². The van der Waals surface area contributed by atoms with Gasteiger partial charge in [-0.25, -0.2) is 4.79 Å². The molecule has 0 aromatic heterocycles. The fraction of sp³-hybridized carbons (Fsp3) is 0.600. The van der Waals surface area contributed by atoms with Gasteiger partial charge in [-0.2, -0.15) is 0 Å². The van der Waals surface area contributed by atoms with Crippen molar-refractivity contribution >= 4 is 11.9 Å². The van der Waals surface area contributed by atoms with Gasteiger partial charge in [0.15, 0.2) is 0 Å². The molecule has 5 heteroatoms. The van der Waals surface area contributed by atoms with Crippen molar-refractivity contribution in [3.8, 4) is 0 Å². The Morgan fingerprint density at radius 1 is 1.12 bits per heavy atom. The van der Waals surface area contributed by atoms with Gasteiger partial charge in [0.25, 0.3) is 5.91 Å². The van der Waals surface area contributed by atoms with E-state index in [1.165, 1.54) is 11.1 Å². The number of imide groups is 1. The Morgan fingerprint density at radius 2 is 1.76 bits per heavy atom.